The lowest BCUT2D eigenvalue weighted by atomic mass is 9.71. The van der Waals surface area contributed by atoms with E-state index in [1.54, 1.807) is 0 Å². The highest BCUT2D eigenvalue weighted by Gasteiger charge is 2.37. The van der Waals surface area contributed by atoms with Crippen molar-refractivity contribution in [1.82, 2.24) is 5.32 Å². The molecular formula is C15H28N2O. The molecule has 2 rings (SSSR count). The zero-order chi connectivity index (χ0) is 12.8. The van der Waals surface area contributed by atoms with Crippen LogP contribution in [0.2, 0.25) is 0 Å². The van der Waals surface area contributed by atoms with Crippen LogP contribution in [0.5, 0.6) is 0 Å². The Morgan fingerprint density at radius 3 is 2.39 bits per heavy atom. The van der Waals surface area contributed by atoms with Crippen molar-refractivity contribution >= 4 is 5.91 Å². The number of rotatable bonds is 6. The van der Waals surface area contributed by atoms with Crippen LogP contribution in [0.3, 0.4) is 0 Å². The summed E-state index contributed by atoms with van der Waals surface area (Å²) in [6.07, 6.45) is 14.0. The third kappa shape index (κ3) is 3.98. The molecule has 0 aliphatic heterocycles. The van der Waals surface area contributed by atoms with Crippen molar-refractivity contribution in [2.24, 2.45) is 11.1 Å². The molecule has 3 nitrogen and oxygen atoms in total. The van der Waals surface area contributed by atoms with Gasteiger partial charge in [0.1, 0.15) is 0 Å². The molecular weight excluding hydrogens is 224 g/mol. The Morgan fingerprint density at radius 2 is 1.78 bits per heavy atom. The first-order chi connectivity index (χ1) is 8.70. The summed E-state index contributed by atoms with van der Waals surface area (Å²) in [4.78, 5) is 10.6. The van der Waals surface area contributed by atoms with E-state index in [1.165, 1.54) is 51.4 Å². The SMILES string of the molecule is NC(=O)CCCCNC1CCC2(CCCC2)CC1. The van der Waals surface area contributed by atoms with Gasteiger partial charge in [-0.25, -0.2) is 0 Å². The number of amides is 1. The van der Waals surface area contributed by atoms with Crippen molar-refractivity contribution in [3.8, 4) is 0 Å². The van der Waals surface area contributed by atoms with E-state index in [0.717, 1.165) is 30.8 Å². The van der Waals surface area contributed by atoms with Crippen LogP contribution in [0.25, 0.3) is 0 Å². The maximum atomic E-state index is 10.6. The van der Waals surface area contributed by atoms with Crippen LogP contribution < -0.4 is 11.1 Å². The van der Waals surface area contributed by atoms with Gasteiger partial charge in [-0.1, -0.05) is 12.8 Å². The van der Waals surface area contributed by atoms with Gasteiger partial charge in [-0.05, 0) is 63.3 Å². The van der Waals surface area contributed by atoms with Gasteiger partial charge in [-0.15, -0.1) is 0 Å². The monoisotopic (exact) mass is 252 g/mol. The smallest absolute Gasteiger partial charge is 0.217 e. The van der Waals surface area contributed by atoms with Gasteiger partial charge in [-0.3, -0.25) is 4.79 Å². The summed E-state index contributed by atoms with van der Waals surface area (Å²) in [5.74, 6) is -0.171. The molecule has 2 saturated carbocycles. The number of nitrogens with one attached hydrogen (secondary N) is 1. The first-order valence-corrected chi connectivity index (χ1v) is 7.72. The average molecular weight is 252 g/mol. The lowest BCUT2D eigenvalue weighted by Gasteiger charge is -2.37. The Kier molecular flexibility index (Phi) is 5.04. The molecule has 0 saturated heterocycles. The molecule has 0 aromatic rings. The minimum atomic E-state index is -0.171. The number of hydrogen-bond acceptors (Lipinski definition) is 2. The zero-order valence-corrected chi connectivity index (χ0v) is 11.5. The van der Waals surface area contributed by atoms with Crippen LogP contribution in [0.15, 0.2) is 0 Å². The highest BCUT2D eigenvalue weighted by molar-refractivity contribution is 5.73. The van der Waals surface area contributed by atoms with E-state index in [4.69, 9.17) is 5.73 Å². The molecule has 1 amide bonds. The van der Waals surface area contributed by atoms with Gasteiger partial charge < -0.3 is 11.1 Å². The molecule has 0 unspecified atom stereocenters. The van der Waals surface area contributed by atoms with Crippen LogP contribution in [-0.4, -0.2) is 18.5 Å². The Labute approximate surface area is 111 Å². The van der Waals surface area contributed by atoms with Gasteiger partial charge in [0, 0.05) is 12.5 Å². The minimum absolute atomic E-state index is 0.171. The zero-order valence-electron chi connectivity index (χ0n) is 11.5. The topological polar surface area (TPSA) is 55.1 Å². The van der Waals surface area contributed by atoms with E-state index in [0.29, 0.717) is 6.42 Å². The normalized spacial score (nSPS) is 23.6. The van der Waals surface area contributed by atoms with Crippen LogP contribution in [0.1, 0.15) is 70.6 Å². The molecule has 2 aliphatic rings. The third-order valence-corrected chi connectivity index (χ3v) is 4.99. The Balaban J connectivity index is 1.55. The summed E-state index contributed by atoms with van der Waals surface area (Å²) in [5.41, 5.74) is 5.86. The Hall–Kier alpha value is -0.570. The predicted octanol–water partition coefficient (Wildman–Crippen LogP) is 2.73. The first kappa shape index (κ1) is 13.9. The van der Waals surface area contributed by atoms with Crippen molar-refractivity contribution in [2.75, 3.05) is 6.54 Å². The first-order valence-electron chi connectivity index (χ1n) is 7.72. The number of carbonyl (C=O) groups is 1. The van der Waals surface area contributed by atoms with Crippen LogP contribution >= 0.6 is 0 Å². The number of nitrogens with two attached hydrogens (primary N) is 1. The van der Waals surface area contributed by atoms with Gasteiger partial charge in [0.2, 0.25) is 5.91 Å². The molecule has 2 aliphatic carbocycles. The van der Waals surface area contributed by atoms with Crippen molar-refractivity contribution in [1.29, 1.82) is 0 Å². The number of primary amides is 1. The maximum absolute atomic E-state index is 10.6. The number of hydrogen-bond donors (Lipinski definition) is 2. The van der Waals surface area contributed by atoms with Crippen LogP contribution in [0, 0.1) is 5.41 Å². The Bertz CT molecular complexity index is 262. The summed E-state index contributed by atoms with van der Waals surface area (Å²) < 4.78 is 0. The largest absolute Gasteiger partial charge is 0.370 e. The van der Waals surface area contributed by atoms with E-state index in [2.05, 4.69) is 5.32 Å². The molecule has 0 atom stereocenters. The molecule has 1 spiro atoms. The second-order valence-corrected chi connectivity index (χ2v) is 6.36. The summed E-state index contributed by atoms with van der Waals surface area (Å²) in [5, 5.41) is 3.65. The summed E-state index contributed by atoms with van der Waals surface area (Å²) >= 11 is 0. The summed E-state index contributed by atoms with van der Waals surface area (Å²) in [6, 6.07) is 0.727. The summed E-state index contributed by atoms with van der Waals surface area (Å²) in [7, 11) is 0. The van der Waals surface area contributed by atoms with Gasteiger partial charge in [0.05, 0.1) is 0 Å². The van der Waals surface area contributed by atoms with Crippen LogP contribution in [0.4, 0.5) is 0 Å². The highest BCUT2D eigenvalue weighted by Crippen LogP contribution is 2.48. The molecule has 0 bridgehead atoms. The number of unbranched alkanes of at least 4 members (excludes halogenated alkanes) is 1. The van der Waals surface area contributed by atoms with Gasteiger partial charge >= 0.3 is 0 Å². The van der Waals surface area contributed by atoms with Crippen molar-refractivity contribution in [2.45, 2.75) is 76.7 Å². The van der Waals surface area contributed by atoms with Crippen molar-refractivity contribution in [3.63, 3.8) is 0 Å². The number of carbonyl (C=O) groups excluding carboxylic acids is 1. The molecule has 0 heterocycles. The highest BCUT2D eigenvalue weighted by atomic mass is 16.1. The van der Waals surface area contributed by atoms with Gasteiger partial charge in [-0.2, -0.15) is 0 Å². The lowest BCUT2D eigenvalue weighted by Crippen LogP contribution is -2.37. The van der Waals surface area contributed by atoms with Crippen LogP contribution in [-0.2, 0) is 4.79 Å². The van der Waals surface area contributed by atoms with E-state index >= 15 is 0 Å². The molecule has 3 heteroatoms. The predicted molar refractivity (Wildman–Crippen MR) is 74.2 cm³/mol. The third-order valence-electron chi connectivity index (χ3n) is 4.99. The second kappa shape index (κ2) is 6.55. The Morgan fingerprint density at radius 1 is 1.11 bits per heavy atom. The van der Waals surface area contributed by atoms with Gasteiger partial charge in [0.25, 0.3) is 0 Å². The van der Waals surface area contributed by atoms with Gasteiger partial charge in [0.15, 0.2) is 0 Å². The van der Waals surface area contributed by atoms with Crippen molar-refractivity contribution < 1.29 is 4.79 Å². The fourth-order valence-electron chi connectivity index (χ4n) is 3.79. The quantitative estimate of drug-likeness (QED) is 0.714. The van der Waals surface area contributed by atoms with E-state index in [-0.39, 0.29) is 5.91 Å². The molecule has 3 N–H and O–H groups in total. The molecule has 104 valence electrons. The lowest BCUT2D eigenvalue weighted by molar-refractivity contribution is -0.118. The van der Waals surface area contributed by atoms with E-state index in [1.807, 2.05) is 0 Å². The standard InChI is InChI=1S/C15H28N2O/c16-14(18)5-1-4-12-17-13-6-10-15(11-7-13)8-2-3-9-15/h13,17H,1-12H2,(H2,16,18). The average Bonchev–Trinajstić information content (AvgIpc) is 2.80. The minimum Gasteiger partial charge on any atom is -0.370 e. The maximum Gasteiger partial charge on any atom is 0.217 e. The fraction of sp³-hybridized carbons (Fsp3) is 0.933. The van der Waals surface area contributed by atoms with Crippen molar-refractivity contribution in [3.05, 3.63) is 0 Å². The van der Waals surface area contributed by atoms with E-state index < -0.39 is 0 Å². The van der Waals surface area contributed by atoms with E-state index in [9.17, 15) is 4.79 Å². The fourth-order valence-corrected chi connectivity index (χ4v) is 3.79. The molecule has 18 heavy (non-hydrogen) atoms. The molecule has 0 aromatic carbocycles. The second-order valence-electron chi connectivity index (χ2n) is 6.36. The summed E-state index contributed by atoms with van der Waals surface area (Å²) in [6.45, 7) is 1.05. The molecule has 0 radical (unpaired) electrons. The molecule has 2 fully saturated rings. The molecule has 0 aromatic heterocycles.